The number of phenolic OH excluding ortho intramolecular Hbond substituents is 1. The number of carbonyl (C=O) groups excluding carboxylic acids is 2. The lowest BCUT2D eigenvalue weighted by Gasteiger charge is -2.32. The Morgan fingerprint density at radius 3 is 2.37 bits per heavy atom. The first kappa shape index (κ1) is 18.5. The number of anilines is 1. The van der Waals surface area contributed by atoms with Crippen LogP contribution >= 0.6 is 0 Å². The van der Waals surface area contributed by atoms with Gasteiger partial charge in [-0.25, -0.2) is 0 Å². The van der Waals surface area contributed by atoms with Crippen LogP contribution in [-0.2, 0) is 15.8 Å². The van der Waals surface area contributed by atoms with Gasteiger partial charge in [0.2, 0.25) is 11.4 Å². The minimum atomic E-state index is -2.70. The minimum Gasteiger partial charge on any atom is -0.508 e. The number of nitro groups is 1. The molecule has 3 N–H and O–H groups in total. The maximum atomic E-state index is 13.0. The van der Waals surface area contributed by atoms with Crippen molar-refractivity contribution >= 4 is 23.1 Å². The number of aliphatic hydroxyl groups is 1. The number of non-ortho nitro benzene ring substituents is 1. The van der Waals surface area contributed by atoms with Crippen LogP contribution in [0, 0.1) is 10.1 Å². The maximum absolute atomic E-state index is 13.0. The van der Waals surface area contributed by atoms with Crippen LogP contribution in [0.5, 0.6) is 5.75 Å². The van der Waals surface area contributed by atoms with Crippen LogP contribution in [0.25, 0.3) is 0 Å². The van der Waals surface area contributed by atoms with Crippen molar-refractivity contribution < 1.29 is 24.7 Å². The Labute approximate surface area is 154 Å². The molecule has 0 saturated heterocycles. The third kappa shape index (κ3) is 2.83. The van der Waals surface area contributed by atoms with Crippen molar-refractivity contribution in [3.05, 3.63) is 63.2 Å². The molecular weight excluding hydrogens is 352 g/mol. The Kier molecular flexibility index (Phi) is 4.04. The lowest BCUT2D eigenvalue weighted by atomic mass is 9.78. The Bertz CT molecular complexity index is 992. The Morgan fingerprint density at radius 2 is 1.78 bits per heavy atom. The molecular formula is C19H18N2O6. The standard InChI is InChI=1S/C19H18N2O6/c1-18(2,3)10-4-7-15(22)13(8-10)19(25)16(23)12-9-11(21(26)27)5-6-14(12)20-17(19)24/h4-9,22,25H,1-3H3,(H,20,24). The Morgan fingerprint density at radius 1 is 1.11 bits per heavy atom. The monoisotopic (exact) mass is 370 g/mol. The molecule has 1 unspecified atom stereocenters. The molecule has 0 spiro atoms. The lowest BCUT2D eigenvalue weighted by molar-refractivity contribution is -0.384. The van der Waals surface area contributed by atoms with Gasteiger partial charge in [-0.05, 0) is 29.2 Å². The fourth-order valence-corrected chi connectivity index (χ4v) is 2.99. The molecule has 2 aromatic carbocycles. The maximum Gasteiger partial charge on any atom is 0.270 e. The molecule has 3 rings (SSSR count). The van der Waals surface area contributed by atoms with E-state index in [9.17, 15) is 29.9 Å². The van der Waals surface area contributed by atoms with E-state index < -0.39 is 28.0 Å². The van der Waals surface area contributed by atoms with E-state index in [1.807, 2.05) is 20.8 Å². The third-order valence-corrected chi connectivity index (χ3v) is 4.62. The number of hydrogen-bond acceptors (Lipinski definition) is 6. The molecule has 0 fully saturated rings. The Hall–Kier alpha value is -3.26. The molecule has 140 valence electrons. The fraction of sp³-hybridized carbons (Fsp3) is 0.263. The van der Waals surface area contributed by atoms with Gasteiger partial charge in [-0.15, -0.1) is 0 Å². The number of hydrogen-bond donors (Lipinski definition) is 3. The minimum absolute atomic E-state index is 0.0618. The average molecular weight is 370 g/mol. The predicted octanol–water partition coefficient (Wildman–Crippen LogP) is 2.62. The number of Topliss-reactive ketones (excluding diaryl/α,β-unsaturated/α-hetero) is 1. The van der Waals surface area contributed by atoms with E-state index in [1.54, 1.807) is 6.07 Å². The molecule has 1 heterocycles. The van der Waals surface area contributed by atoms with Crippen molar-refractivity contribution in [2.75, 3.05) is 5.32 Å². The van der Waals surface area contributed by atoms with Gasteiger partial charge in [0, 0.05) is 17.7 Å². The SMILES string of the molecule is CC(C)(C)c1ccc(O)c(C2(O)C(=O)Nc3ccc([N+](=O)[O-])cc3C2=O)c1. The number of nitrogens with one attached hydrogen (secondary N) is 1. The number of carbonyl (C=O) groups is 2. The van der Waals surface area contributed by atoms with Crippen molar-refractivity contribution in [3.63, 3.8) is 0 Å². The molecule has 2 aromatic rings. The summed E-state index contributed by atoms with van der Waals surface area (Å²) in [5.41, 5.74) is -3.15. The van der Waals surface area contributed by atoms with Gasteiger partial charge < -0.3 is 15.5 Å². The second-order valence-corrected chi connectivity index (χ2v) is 7.46. The van der Waals surface area contributed by atoms with Crippen LogP contribution in [0.15, 0.2) is 36.4 Å². The average Bonchev–Trinajstić information content (AvgIpc) is 2.58. The molecule has 8 nitrogen and oxygen atoms in total. The zero-order valence-corrected chi connectivity index (χ0v) is 14.9. The number of amides is 1. The first-order chi connectivity index (χ1) is 12.5. The molecule has 0 bridgehead atoms. The zero-order chi connectivity index (χ0) is 20.1. The van der Waals surface area contributed by atoms with Gasteiger partial charge >= 0.3 is 0 Å². The number of ketones is 1. The molecule has 1 atom stereocenters. The summed E-state index contributed by atoms with van der Waals surface area (Å²) in [6, 6.07) is 7.70. The van der Waals surface area contributed by atoms with E-state index in [-0.39, 0.29) is 27.9 Å². The number of nitrogens with zero attached hydrogens (tertiary/aromatic N) is 1. The first-order valence-corrected chi connectivity index (χ1v) is 8.17. The summed E-state index contributed by atoms with van der Waals surface area (Å²) in [5, 5.41) is 34.7. The van der Waals surface area contributed by atoms with Crippen LogP contribution in [0.3, 0.4) is 0 Å². The number of fused-ring (bicyclic) bond motifs is 1. The lowest BCUT2D eigenvalue weighted by Crippen LogP contribution is -2.50. The van der Waals surface area contributed by atoms with Gasteiger partial charge in [-0.3, -0.25) is 19.7 Å². The van der Waals surface area contributed by atoms with Gasteiger partial charge in [0.25, 0.3) is 11.6 Å². The molecule has 1 aliphatic rings. The Balaban J connectivity index is 2.22. The quantitative estimate of drug-likeness (QED) is 0.423. The van der Waals surface area contributed by atoms with Gasteiger partial charge in [0.15, 0.2) is 0 Å². The highest BCUT2D eigenvalue weighted by atomic mass is 16.6. The molecule has 0 aliphatic carbocycles. The highest BCUT2D eigenvalue weighted by molar-refractivity contribution is 6.26. The van der Waals surface area contributed by atoms with Crippen LogP contribution in [0.1, 0.15) is 42.3 Å². The van der Waals surface area contributed by atoms with Gasteiger partial charge in [0.1, 0.15) is 5.75 Å². The molecule has 1 aliphatic heterocycles. The smallest absolute Gasteiger partial charge is 0.270 e. The van der Waals surface area contributed by atoms with E-state index in [4.69, 9.17) is 0 Å². The largest absolute Gasteiger partial charge is 0.508 e. The second kappa shape index (κ2) is 5.88. The van der Waals surface area contributed by atoms with Gasteiger partial charge in [0.05, 0.1) is 16.2 Å². The van der Waals surface area contributed by atoms with Crippen LogP contribution in [0.4, 0.5) is 11.4 Å². The van der Waals surface area contributed by atoms with Gasteiger partial charge in [-0.2, -0.15) is 0 Å². The molecule has 1 amide bonds. The number of aromatic hydroxyl groups is 1. The summed E-state index contributed by atoms with van der Waals surface area (Å²) < 4.78 is 0. The van der Waals surface area contributed by atoms with Crippen molar-refractivity contribution in [2.45, 2.75) is 31.8 Å². The molecule has 27 heavy (non-hydrogen) atoms. The summed E-state index contributed by atoms with van der Waals surface area (Å²) in [6.07, 6.45) is 0. The summed E-state index contributed by atoms with van der Waals surface area (Å²) in [5.74, 6) is -2.50. The van der Waals surface area contributed by atoms with Crippen LogP contribution in [0.2, 0.25) is 0 Å². The first-order valence-electron chi connectivity index (χ1n) is 8.17. The summed E-state index contributed by atoms with van der Waals surface area (Å²) in [6.45, 7) is 5.69. The van der Waals surface area contributed by atoms with Crippen molar-refractivity contribution in [1.82, 2.24) is 0 Å². The van der Waals surface area contributed by atoms with E-state index in [0.717, 1.165) is 12.1 Å². The van der Waals surface area contributed by atoms with E-state index in [0.29, 0.717) is 5.56 Å². The van der Waals surface area contributed by atoms with Crippen LogP contribution < -0.4 is 5.32 Å². The van der Waals surface area contributed by atoms with Crippen molar-refractivity contribution in [2.24, 2.45) is 0 Å². The summed E-state index contributed by atoms with van der Waals surface area (Å²) in [7, 11) is 0. The van der Waals surface area contributed by atoms with Gasteiger partial charge in [-0.1, -0.05) is 26.8 Å². The van der Waals surface area contributed by atoms with E-state index in [1.165, 1.54) is 18.2 Å². The summed E-state index contributed by atoms with van der Waals surface area (Å²) >= 11 is 0. The van der Waals surface area contributed by atoms with Crippen molar-refractivity contribution in [1.29, 1.82) is 0 Å². The number of benzene rings is 2. The molecule has 8 heteroatoms. The topological polar surface area (TPSA) is 130 Å². The van der Waals surface area contributed by atoms with E-state index in [2.05, 4.69) is 5.32 Å². The van der Waals surface area contributed by atoms with Crippen LogP contribution in [-0.4, -0.2) is 26.8 Å². The number of rotatable bonds is 2. The second-order valence-electron chi connectivity index (χ2n) is 7.46. The molecule has 0 radical (unpaired) electrons. The van der Waals surface area contributed by atoms with Crippen molar-refractivity contribution in [3.8, 4) is 5.75 Å². The highest BCUT2D eigenvalue weighted by Gasteiger charge is 2.52. The van der Waals surface area contributed by atoms with E-state index >= 15 is 0 Å². The highest BCUT2D eigenvalue weighted by Crippen LogP contribution is 2.41. The molecule has 0 aromatic heterocycles. The summed E-state index contributed by atoms with van der Waals surface area (Å²) in [4.78, 5) is 35.9. The number of nitro benzene ring substituents is 1. The predicted molar refractivity (Wildman–Crippen MR) is 96.8 cm³/mol. The number of phenols is 1. The molecule has 0 saturated carbocycles. The fourth-order valence-electron chi connectivity index (χ4n) is 2.99. The normalized spacial score (nSPS) is 19.4. The zero-order valence-electron chi connectivity index (χ0n) is 14.9. The third-order valence-electron chi connectivity index (χ3n) is 4.62.